The number of amides is 1. The Morgan fingerprint density at radius 2 is 1.69 bits per heavy atom. The van der Waals surface area contributed by atoms with Crippen molar-refractivity contribution >= 4 is 27.5 Å². The van der Waals surface area contributed by atoms with Gasteiger partial charge in [0.1, 0.15) is 5.01 Å². The van der Waals surface area contributed by atoms with Crippen molar-refractivity contribution in [3.63, 3.8) is 0 Å². The van der Waals surface area contributed by atoms with Gasteiger partial charge in [0.25, 0.3) is 0 Å². The summed E-state index contributed by atoms with van der Waals surface area (Å²) in [6, 6.07) is 18.4. The van der Waals surface area contributed by atoms with E-state index in [1.165, 1.54) is 4.70 Å². The first-order valence-electron chi connectivity index (χ1n) is 11.0. The third kappa shape index (κ3) is 4.18. The van der Waals surface area contributed by atoms with Gasteiger partial charge in [-0.15, -0.1) is 11.3 Å². The molecule has 3 heterocycles. The summed E-state index contributed by atoms with van der Waals surface area (Å²) in [6.45, 7) is 8.16. The number of benzene rings is 2. The van der Waals surface area contributed by atoms with Gasteiger partial charge in [-0.3, -0.25) is 9.69 Å². The Balaban J connectivity index is 1.20. The Labute approximate surface area is 192 Å². The highest BCUT2D eigenvalue weighted by molar-refractivity contribution is 7.18. The van der Waals surface area contributed by atoms with Crippen molar-refractivity contribution in [2.45, 2.75) is 26.8 Å². The summed E-state index contributed by atoms with van der Waals surface area (Å²) in [5, 5.41) is 5.83. The van der Waals surface area contributed by atoms with Crippen LogP contribution < -0.4 is 0 Å². The van der Waals surface area contributed by atoms with Crippen molar-refractivity contribution < 1.29 is 4.79 Å². The van der Waals surface area contributed by atoms with Gasteiger partial charge in [0, 0.05) is 37.4 Å². The highest BCUT2D eigenvalue weighted by atomic mass is 32.1. The van der Waals surface area contributed by atoms with Crippen molar-refractivity contribution in [3.05, 3.63) is 76.6 Å². The molecule has 0 unspecified atom stereocenters. The molecule has 2 aromatic heterocycles. The largest absolute Gasteiger partial charge is 0.340 e. The minimum Gasteiger partial charge on any atom is -0.340 e. The van der Waals surface area contributed by atoms with Gasteiger partial charge < -0.3 is 4.90 Å². The highest BCUT2D eigenvalue weighted by Crippen LogP contribution is 2.23. The predicted octanol–water partition coefficient (Wildman–Crippen LogP) is 3.99. The van der Waals surface area contributed by atoms with Gasteiger partial charge in [-0.25, -0.2) is 9.67 Å². The number of thiazole rings is 1. The van der Waals surface area contributed by atoms with E-state index in [2.05, 4.69) is 28.2 Å². The van der Waals surface area contributed by atoms with E-state index >= 15 is 0 Å². The molecule has 32 heavy (non-hydrogen) atoms. The number of para-hydroxylation sites is 2. The second-order valence-electron chi connectivity index (χ2n) is 8.31. The second kappa shape index (κ2) is 8.84. The molecule has 0 spiro atoms. The van der Waals surface area contributed by atoms with E-state index in [-0.39, 0.29) is 5.91 Å². The Bertz CT molecular complexity index is 1200. The summed E-state index contributed by atoms with van der Waals surface area (Å²) in [5.74, 6) is 0.184. The third-order valence-electron chi connectivity index (χ3n) is 6.19. The van der Waals surface area contributed by atoms with Gasteiger partial charge in [-0.05, 0) is 38.1 Å². The van der Waals surface area contributed by atoms with E-state index in [0.717, 1.165) is 65.9 Å². The molecule has 0 saturated carbocycles. The van der Waals surface area contributed by atoms with Crippen molar-refractivity contribution in [3.8, 4) is 5.69 Å². The summed E-state index contributed by atoms with van der Waals surface area (Å²) >= 11 is 1.76. The van der Waals surface area contributed by atoms with E-state index < -0.39 is 0 Å². The molecule has 2 aromatic carbocycles. The van der Waals surface area contributed by atoms with Crippen LogP contribution in [0.2, 0.25) is 0 Å². The zero-order valence-electron chi connectivity index (χ0n) is 18.5. The molecule has 1 saturated heterocycles. The second-order valence-corrected chi connectivity index (χ2v) is 9.42. The lowest BCUT2D eigenvalue weighted by molar-refractivity contribution is -0.132. The molecule has 6 nitrogen and oxygen atoms in total. The minimum absolute atomic E-state index is 0.184. The van der Waals surface area contributed by atoms with E-state index in [1.807, 2.05) is 59.8 Å². The van der Waals surface area contributed by atoms with Crippen LogP contribution in [0.3, 0.4) is 0 Å². The number of hydrogen-bond donors (Lipinski definition) is 0. The molecule has 164 valence electrons. The zero-order valence-corrected chi connectivity index (χ0v) is 19.3. The molecule has 0 aliphatic carbocycles. The maximum absolute atomic E-state index is 13.1. The molecular formula is C25H27N5OS. The van der Waals surface area contributed by atoms with Crippen LogP contribution in [0.4, 0.5) is 0 Å². The fourth-order valence-corrected chi connectivity index (χ4v) is 5.36. The number of piperazine rings is 1. The number of fused-ring (bicyclic) bond motifs is 1. The van der Waals surface area contributed by atoms with Crippen LogP contribution in [0, 0.1) is 13.8 Å². The Kier molecular flexibility index (Phi) is 5.76. The molecular weight excluding hydrogens is 418 g/mol. The lowest BCUT2D eigenvalue weighted by Gasteiger charge is -2.34. The number of aryl methyl sites for hydroxylation is 1. The summed E-state index contributed by atoms with van der Waals surface area (Å²) in [4.78, 5) is 22.2. The third-order valence-corrected chi connectivity index (χ3v) is 7.21. The molecule has 0 bridgehead atoms. The van der Waals surface area contributed by atoms with Crippen molar-refractivity contribution in [1.82, 2.24) is 24.6 Å². The fourth-order valence-electron chi connectivity index (χ4n) is 4.35. The summed E-state index contributed by atoms with van der Waals surface area (Å²) in [6.07, 6.45) is 0.405. The lowest BCUT2D eigenvalue weighted by atomic mass is 10.1. The molecule has 0 atom stereocenters. The van der Waals surface area contributed by atoms with Gasteiger partial charge in [0.2, 0.25) is 5.91 Å². The average molecular weight is 446 g/mol. The van der Waals surface area contributed by atoms with Gasteiger partial charge in [0.05, 0.1) is 34.6 Å². The molecule has 1 aliphatic heterocycles. The smallest absolute Gasteiger partial charge is 0.227 e. The van der Waals surface area contributed by atoms with Crippen LogP contribution in [0.5, 0.6) is 0 Å². The van der Waals surface area contributed by atoms with Crippen LogP contribution >= 0.6 is 11.3 Å². The monoisotopic (exact) mass is 445 g/mol. The van der Waals surface area contributed by atoms with Gasteiger partial charge in [-0.1, -0.05) is 30.3 Å². The molecule has 1 fully saturated rings. The first kappa shape index (κ1) is 20.8. The number of aromatic nitrogens is 3. The van der Waals surface area contributed by atoms with E-state index in [4.69, 9.17) is 4.98 Å². The Hall–Kier alpha value is -3.03. The number of hydrogen-bond acceptors (Lipinski definition) is 5. The zero-order chi connectivity index (χ0) is 22.1. The maximum atomic E-state index is 13.1. The summed E-state index contributed by atoms with van der Waals surface area (Å²) < 4.78 is 3.17. The highest BCUT2D eigenvalue weighted by Gasteiger charge is 2.24. The summed E-state index contributed by atoms with van der Waals surface area (Å²) in [7, 11) is 0. The number of carbonyl (C=O) groups excluding carboxylic acids is 1. The molecule has 4 aromatic rings. The van der Waals surface area contributed by atoms with E-state index in [1.54, 1.807) is 11.3 Å². The van der Waals surface area contributed by atoms with Crippen LogP contribution in [-0.4, -0.2) is 56.7 Å². The number of carbonyl (C=O) groups is 1. The maximum Gasteiger partial charge on any atom is 0.227 e. The van der Waals surface area contributed by atoms with Crippen molar-refractivity contribution in [2.24, 2.45) is 0 Å². The number of nitrogens with zero attached hydrogens (tertiary/aromatic N) is 5. The first-order chi connectivity index (χ1) is 15.6. The number of rotatable bonds is 5. The van der Waals surface area contributed by atoms with Crippen LogP contribution in [0.25, 0.3) is 15.9 Å². The van der Waals surface area contributed by atoms with Crippen LogP contribution in [0.1, 0.15) is 22.0 Å². The topological polar surface area (TPSA) is 54.3 Å². The van der Waals surface area contributed by atoms with Crippen LogP contribution in [0.15, 0.2) is 54.6 Å². The Morgan fingerprint density at radius 1 is 0.969 bits per heavy atom. The van der Waals surface area contributed by atoms with Crippen molar-refractivity contribution in [2.75, 3.05) is 26.2 Å². The standard InChI is InChI=1S/C25H27N5OS/c1-18-21(19(2)30(27-18)20-8-4-3-5-9-20)16-25(31)29-14-12-28(13-15-29)17-24-26-22-10-6-7-11-23(22)32-24/h3-11H,12-17H2,1-2H3. The Morgan fingerprint density at radius 3 is 2.44 bits per heavy atom. The molecule has 1 aliphatic rings. The van der Waals surface area contributed by atoms with E-state index in [9.17, 15) is 4.79 Å². The average Bonchev–Trinajstić information content (AvgIpc) is 3.35. The molecule has 1 amide bonds. The molecule has 0 N–H and O–H groups in total. The lowest BCUT2D eigenvalue weighted by Crippen LogP contribution is -2.48. The van der Waals surface area contributed by atoms with Crippen LogP contribution in [-0.2, 0) is 17.8 Å². The van der Waals surface area contributed by atoms with Gasteiger partial charge in [0.15, 0.2) is 0 Å². The molecule has 0 radical (unpaired) electrons. The van der Waals surface area contributed by atoms with Gasteiger partial charge >= 0.3 is 0 Å². The van der Waals surface area contributed by atoms with Crippen molar-refractivity contribution in [1.29, 1.82) is 0 Å². The normalized spacial score (nSPS) is 14.9. The summed E-state index contributed by atoms with van der Waals surface area (Å²) in [5.41, 5.74) is 5.10. The van der Waals surface area contributed by atoms with E-state index in [0.29, 0.717) is 6.42 Å². The quantitative estimate of drug-likeness (QED) is 0.466. The molecule has 7 heteroatoms. The van der Waals surface area contributed by atoms with Gasteiger partial charge in [-0.2, -0.15) is 5.10 Å². The fraction of sp³-hybridized carbons (Fsp3) is 0.320. The molecule has 5 rings (SSSR count). The first-order valence-corrected chi connectivity index (χ1v) is 11.9. The SMILES string of the molecule is Cc1nn(-c2ccccc2)c(C)c1CC(=O)N1CCN(Cc2nc3ccccc3s2)CC1. The predicted molar refractivity (Wildman–Crippen MR) is 128 cm³/mol. The minimum atomic E-state index is 0.184.